The van der Waals surface area contributed by atoms with Crippen LogP contribution in [0.25, 0.3) is 10.8 Å². The quantitative estimate of drug-likeness (QED) is 0.672. The summed E-state index contributed by atoms with van der Waals surface area (Å²) in [7, 11) is 0. The number of carbonyl (C=O) groups is 2. The maximum Gasteiger partial charge on any atom is 0.251 e. The number of halogens is 1. The van der Waals surface area contributed by atoms with Crippen molar-refractivity contribution in [3.05, 3.63) is 76.8 Å². The maximum atomic E-state index is 12.2. The van der Waals surface area contributed by atoms with Crippen LogP contribution in [0.2, 0.25) is 0 Å². The van der Waals surface area contributed by atoms with Crippen molar-refractivity contribution in [1.29, 1.82) is 0 Å². The Morgan fingerprint density at radius 3 is 2.40 bits per heavy atom. The molecule has 3 rings (SSSR count). The zero-order chi connectivity index (χ0) is 17.6. The van der Waals surface area contributed by atoms with Gasteiger partial charge < -0.3 is 10.6 Å². The molecule has 3 aromatic rings. The Kier molecular flexibility index (Phi) is 5.46. The first kappa shape index (κ1) is 17.2. The van der Waals surface area contributed by atoms with Gasteiger partial charge in [-0.25, -0.2) is 0 Å². The highest BCUT2D eigenvalue weighted by Gasteiger charge is 2.08. The van der Waals surface area contributed by atoms with Crippen molar-refractivity contribution in [1.82, 2.24) is 5.32 Å². The molecule has 0 heterocycles. The first-order valence-corrected chi connectivity index (χ1v) is 8.74. The molecule has 25 heavy (non-hydrogen) atoms. The van der Waals surface area contributed by atoms with Crippen LogP contribution in [-0.2, 0) is 4.79 Å². The number of amides is 2. The van der Waals surface area contributed by atoms with Gasteiger partial charge in [0.05, 0.1) is 0 Å². The minimum atomic E-state index is -0.189. The fourth-order valence-corrected chi connectivity index (χ4v) is 2.80. The van der Waals surface area contributed by atoms with E-state index in [0.717, 1.165) is 20.9 Å². The van der Waals surface area contributed by atoms with E-state index in [2.05, 4.69) is 26.6 Å². The van der Waals surface area contributed by atoms with Crippen LogP contribution < -0.4 is 10.6 Å². The fourth-order valence-electron chi connectivity index (χ4n) is 2.54. The van der Waals surface area contributed by atoms with Gasteiger partial charge in [0.25, 0.3) is 5.91 Å². The molecule has 4 nitrogen and oxygen atoms in total. The molecule has 0 aliphatic rings. The molecule has 0 radical (unpaired) electrons. The molecule has 0 aliphatic carbocycles. The Morgan fingerprint density at radius 1 is 0.880 bits per heavy atom. The van der Waals surface area contributed by atoms with Crippen molar-refractivity contribution in [2.45, 2.75) is 6.42 Å². The standard InChI is InChI=1S/C20H17BrN2O2/c21-16-10-8-15(9-11-16)20(25)22-13-12-19(24)23-18-7-3-5-14-4-1-2-6-17(14)18/h1-11H,12-13H2,(H,22,25)(H,23,24). The molecule has 0 atom stereocenters. The Balaban J connectivity index is 1.54. The molecule has 0 spiro atoms. The summed E-state index contributed by atoms with van der Waals surface area (Å²) in [5.74, 6) is -0.321. The zero-order valence-corrected chi connectivity index (χ0v) is 15.0. The van der Waals surface area contributed by atoms with E-state index in [1.54, 1.807) is 12.1 Å². The summed E-state index contributed by atoms with van der Waals surface area (Å²) in [6, 6.07) is 20.7. The molecule has 0 unspecified atom stereocenters. The summed E-state index contributed by atoms with van der Waals surface area (Å²) < 4.78 is 0.915. The monoisotopic (exact) mass is 396 g/mol. The molecule has 126 valence electrons. The molecule has 0 bridgehead atoms. The zero-order valence-electron chi connectivity index (χ0n) is 13.5. The van der Waals surface area contributed by atoms with E-state index in [1.807, 2.05) is 54.6 Å². The number of anilines is 1. The lowest BCUT2D eigenvalue weighted by Crippen LogP contribution is -2.27. The second-order valence-corrected chi connectivity index (χ2v) is 6.50. The van der Waals surface area contributed by atoms with Crippen LogP contribution in [0, 0.1) is 0 Å². The van der Waals surface area contributed by atoms with Crippen LogP contribution in [0.5, 0.6) is 0 Å². The number of benzene rings is 3. The van der Waals surface area contributed by atoms with Crippen LogP contribution >= 0.6 is 15.9 Å². The van der Waals surface area contributed by atoms with Gasteiger partial charge in [-0.2, -0.15) is 0 Å². The van der Waals surface area contributed by atoms with Crippen LogP contribution in [0.3, 0.4) is 0 Å². The van der Waals surface area contributed by atoms with E-state index < -0.39 is 0 Å². The number of carbonyl (C=O) groups excluding carboxylic acids is 2. The predicted molar refractivity (Wildman–Crippen MR) is 104 cm³/mol. The lowest BCUT2D eigenvalue weighted by molar-refractivity contribution is -0.116. The van der Waals surface area contributed by atoms with Crippen molar-refractivity contribution < 1.29 is 9.59 Å². The van der Waals surface area contributed by atoms with Crippen molar-refractivity contribution in [2.24, 2.45) is 0 Å². The van der Waals surface area contributed by atoms with Gasteiger partial charge in [-0.3, -0.25) is 9.59 Å². The van der Waals surface area contributed by atoms with Crippen LogP contribution in [0.15, 0.2) is 71.2 Å². The summed E-state index contributed by atoms with van der Waals surface area (Å²) >= 11 is 3.33. The summed E-state index contributed by atoms with van der Waals surface area (Å²) in [6.07, 6.45) is 0.214. The van der Waals surface area contributed by atoms with Gasteiger partial charge in [0.2, 0.25) is 5.91 Å². The minimum absolute atomic E-state index is 0.132. The largest absolute Gasteiger partial charge is 0.352 e. The fraction of sp³-hybridized carbons (Fsp3) is 0.100. The van der Waals surface area contributed by atoms with Gasteiger partial charge in [-0.1, -0.05) is 52.3 Å². The van der Waals surface area contributed by atoms with Crippen molar-refractivity contribution >= 4 is 44.2 Å². The van der Waals surface area contributed by atoms with Crippen LogP contribution in [0.4, 0.5) is 5.69 Å². The highest BCUT2D eigenvalue weighted by atomic mass is 79.9. The molecule has 3 aromatic carbocycles. The minimum Gasteiger partial charge on any atom is -0.352 e. The highest BCUT2D eigenvalue weighted by Crippen LogP contribution is 2.22. The van der Waals surface area contributed by atoms with Gasteiger partial charge in [0, 0.05) is 34.1 Å². The first-order valence-electron chi connectivity index (χ1n) is 7.95. The maximum absolute atomic E-state index is 12.2. The topological polar surface area (TPSA) is 58.2 Å². The third kappa shape index (κ3) is 4.45. The van der Waals surface area contributed by atoms with Gasteiger partial charge >= 0.3 is 0 Å². The third-order valence-electron chi connectivity index (χ3n) is 3.81. The molecule has 5 heteroatoms. The summed E-state index contributed by atoms with van der Waals surface area (Å²) in [5, 5.41) is 7.74. The number of nitrogens with one attached hydrogen (secondary N) is 2. The van der Waals surface area contributed by atoms with E-state index in [9.17, 15) is 9.59 Å². The van der Waals surface area contributed by atoms with E-state index in [1.165, 1.54) is 0 Å². The predicted octanol–water partition coefficient (Wildman–Crippen LogP) is 4.36. The average Bonchev–Trinajstić information content (AvgIpc) is 2.62. The van der Waals surface area contributed by atoms with Crippen molar-refractivity contribution in [3.8, 4) is 0 Å². The molecule has 2 N–H and O–H groups in total. The molecule has 0 aliphatic heterocycles. The van der Waals surface area contributed by atoms with Crippen LogP contribution in [-0.4, -0.2) is 18.4 Å². The average molecular weight is 397 g/mol. The van der Waals surface area contributed by atoms with Gasteiger partial charge in [-0.05, 0) is 35.7 Å². The summed E-state index contributed by atoms with van der Waals surface area (Å²) in [6.45, 7) is 0.283. The molecule has 0 saturated heterocycles. The second-order valence-electron chi connectivity index (χ2n) is 5.59. The molecule has 0 saturated carbocycles. The Labute approximate surface area is 154 Å². The van der Waals surface area contributed by atoms with E-state index >= 15 is 0 Å². The molecule has 0 aromatic heterocycles. The molecular weight excluding hydrogens is 380 g/mol. The number of fused-ring (bicyclic) bond motifs is 1. The van der Waals surface area contributed by atoms with Crippen LogP contribution in [0.1, 0.15) is 16.8 Å². The smallest absolute Gasteiger partial charge is 0.251 e. The lowest BCUT2D eigenvalue weighted by atomic mass is 10.1. The molecule has 0 fully saturated rings. The Hall–Kier alpha value is -2.66. The highest BCUT2D eigenvalue weighted by molar-refractivity contribution is 9.10. The van der Waals surface area contributed by atoms with E-state index in [0.29, 0.717) is 5.56 Å². The Morgan fingerprint density at radius 2 is 1.60 bits per heavy atom. The SMILES string of the molecule is O=C(CCNC(=O)c1ccc(Br)cc1)Nc1cccc2ccccc12. The van der Waals surface area contributed by atoms with Gasteiger partial charge in [0.15, 0.2) is 0 Å². The van der Waals surface area contributed by atoms with Crippen molar-refractivity contribution in [3.63, 3.8) is 0 Å². The van der Waals surface area contributed by atoms with Gasteiger partial charge in [0.1, 0.15) is 0 Å². The Bertz CT molecular complexity index is 902. The number of hydrogen-bond donors (Lipinski definition) is 2. The number of rotatable bonds is 5. The van der Waals surface area contributed by atoms with E-state index in [4.69, 9.17) is 0 Å². The second kappa shape index (κ2) is 7.94. The first-order chi connectivity index (χ1) is 12.1. The molecular formula is C20H17BrN2O2. The van der Waals surface area contributed by atoms with Crippen molar-refractivity contribution in [2.75, 3.05) is 11.9 Å². The van der Waals surface area contributed by atoms with E-state index in [-0.39, 0.29) is 24.8 Å². The van der Waals surface area contributed by atoms with Gasteiger partial charge in [-0.15, -0.1) is 0 Å². The summed E-state index contributed by atoms with van der Waals surface area (Å²) in [4.78, 5) is 24.2. The normalized spacial score (nSPS) is 10.4. The molecule has 2 amide bonds. The number of hydrogen-bond acceptors (Lipinski definition) is 2. The summed E-state index contributed by atoms with van der Waals surface area (Å²) in [5.41, 5.74) is 1.35. The third-order valence-corrected chi connectivity index (χ3v) is 4.34. The lowest BCUT2D eigenvalue weighted by Gasteiger charge is -2.09.